The van der Waals surface area contributed by atoms with Crippen LogP contribution in [0.5, 0.6) is 0 Å². The van der Waals surface area contributed by atoms with Gasteiger partial charge in [-0.1, -0.05) is 32.9 Å². The van der Waals surface area contributed by atoms with Crippen molar-refractivity contribution in [3.05, 3.63) is 53.6 Å². The minimum atomic E-state index is -3.68. The van der Waals surface area contributed by atoms with Gasteiger partial charge < -0.3 is 4.90 Å². The zero-order valence-electron chi connectivity index (χ0n) is 16.0. The lowest BCUT2D eigenvalue weighted by atomic mass is 10.0. The van der Waals surface area contributed by atoms with Gasteiger partial charge in [0.25, 0.3) is 10.0 Å². The van der Waals surface area contributed by atoms with Crippen LogP contribution >= 0.6 is 0 Å². The molecule has 2 aromatic carbocycles. The van der Waals surface area contributed by atoms with Gasteiger partial charge in [0, 0.05) is 24.3 Å². The Bertz CT molecular complexity index is 934. The number of fused-ring (bicyclic) bond motifs is 1. The second-order valence-corrected chi connectivity index (χ2v) is 8.86. The number of benzene rings is 2. The summed E-state index contributed by atoms with van der Waals surface area (Å²) in [6.45, 7) is 6.72. The molecule has 0 atom stereocenters. The molecule has 1 aliphatic rings. The van der Waals surface area contributed by atoms with Crippen LogP contribution in [0.3, 0.4) is 0 Å². The van der Waals surface area contributed by atoms with E-state index in [1.165, 1.54) is 0 Å². The summed E-state index contributed by atoms with van der Waals surface area (Å²) in [5.41, 5.74) is 3.43. The second-order valence-electron chi connectivity index (χ2n) is 7.18. The van der Waals surface area contributed by atoms with Gasteiger partial charge in [-0.2, -0.15) is 0 Å². The Balaban J connectivity index is 1.86. The van der Waals surface area contributed by atoms with E-state index >= 15 is 0 Å². The third kappa shape index (κ3) is 4.16. The highest BCUT2D eigenvalue weighted by atomic mass is 32.2. The minimum Gasteiger partial charge on any atom is -0.312 e. The highest BCUT2D eigenvalue weighted by Gasteiger charge is 2.24. The monoisotopic (exact) mass is 386 g/mol. The van der Waals surface area contributed by atoms with Gasteiger partial charge in [0.15, 0.2) is 0 Å². The van der Waals surface area contributed by atoms with Crippen LogP contribution in [0.4, 0.5) is 11.4 Å². The van der Waals surface area contributed by atoms with Crippen LogP contribution in [-0.2, 0) is 21.2 Å². The number of nitrogens with one attached hydrogen (secondary N) is 1. The lowest BCUT2D eigenvalue weighted by Gasteiger charge is -2.29. The van der Waals surface area contributed by atoms with E-state index in [2.05, 4.69) is 18.6 Å². The maximum absolute atomic E-state index is 12.8. The first-order chi connectivity index (χ1) is 12.8. The Morgan fingerprint density at radius 1 is 1.15 bits per heavy atom. The summed E-state index contributed by atoms with van der Waals surface area (Å²) in [6, 6.07) is 12.5. The van der Waals surface area contributed by atoms with E-state index in [-0.39, 0.29) is 10.8 Å². The van der Waals surface area contributed by atoms with Crippen molar-refractivity contribution in [3.63, 3.8) is 0 Å². The molecule has 0 aromatic heterocycles. The van der Waals surface area contributed by atoms with Crippen molar-refractivity contribution in [2.24, 2.45) is 0 Å². The molecule has 1 amide bonds. The van der Waals surface area contributed by atoms with E-state index < -0.39 is 10.0 Å². The summed E-state index contributed by atoms with van der Waals surface area (Å²) < 4.78 is 28.2. The molecule has 0 unspecified atom stereocenters. The van der Waals surface area contributed by atoms with Gasteiger partial charge in [0.2, 0.25) is 5.91 Å². The van der Waals surface area contributed by atoms with Gasteiger partial charge in [-0.25, -0.2) is 8.42 Å². The number of carbonyl (C=O) groups is 1. The predicted octanol–water partition coefficient (Wildman–Crippen LogP) is 4.30. The summed E-state index contributed by atoms with van der Waals surface area (Å²) in [6.07, 6.45) is 2.05. The Kier molecular flexibility index (Phi) is 5.56. The normalized spacial score (nSPS) is 14.1. The molecule has 0 fully saturated rings. The highest BCUT2D eigenvalue weighted by Crippen LogP contribution is 2.30. The molecule has 0 spiro atoms. The molecule has 27 heavy (non-hydrogen) atoms. The fourth-order valence-electron chi connectivity index (χ4n) is 3.34. The van der Waals surface area contributed by atoms with E-state index in [4.69, 9.17) is 0 Å². The number of hydrogen-bond acceptors (Lipinski definition) is 3. The van der Waals surface area contributed by atoms with Gasteiger partial charge in [0.1, 0.15) is 0 Å². The smallest absolute Gasteiger partial charge is 0.261 e. The summed E-state index contributed by atoms with van der Waals surface area (Å²) in [5, 5.41) is 0. The average molecular weight is 387 g/mol. The molecule has 0 radical (unpaired) electrons. The summed E-state index contributed by atoms with van der Waals surface area (Å²) in [5.74, 6) is 0.458. The molecule has 3 rings (SSSR count). The fraction of sp³-hybridized carbons (Fsp3) is 0.381. The molecule has 0 aliphatic carbocycles. The molecular formula is C21H26N2O3S. The van der Waals surface area contributed by atoms with Crippen molar-refractivity contribution in [1.29, 1.82) is 0 Å². The van der Waals surface area contributed by atoms with E-state index in [0.717, 1.165) is 29.7 Å². The predicted molar refractivity (Wildman–Crippen MR) is 109 cm³/mol. The van der Waals surface area contributed by atoms with Gasteiger partial charge in [-0.05, 0) is 60.2 Å². The van der Waals surface area contributed by atoms with Crippen molar-refractivity contribution in [1.82, 2.24) is 0 Å². The van der Waals surface area contributed by atoms with Crippen LogP contribution in [0.15, 0.2) is 47.4 Å². The van der Waals surface area contributed by atoms with E-state index in [9.17, 15) is 13.2 Å². The van der Waals surface area contributed by atoms with E-state index in [0.29, 0.717) is 24.6 Å². The van der Waals surface area contributed by atoms with Crippen molar-refractivity contribution >= 4 is 27.3 Å². The van der Waals surface area contributed by atoms with E-state index in [1.807, 2.05) is 19.1 Å². The Labute approximate surface area is 161 Å². The molecule has 1 aliphatic heterocycles. The topological polar surface area (TPSA) is 66.5 Å². The summed E-state index contributed by atoms with van der Waals surface area (Å²) in [7, 11) is -3.68. The molecular weight excluding hydrogens is 360 g/mol. The van der Waals surface area contributed by atoms with Gasteiger partial charge in [0.05, 0.1) is 4.90 Å². The largest absolute Gasteiger partial charge is 0.312 e. The summed E-state index contributed by atoms with van der Waals surface area (Å²) in [4.78, 5) is 14.1. The molecule has 144 valence electrons. The number of sulfonamides is 1. The highest BCUT2D eigenvalue weighted by molar-refractivity contribution is 7.92. The number of aryl methyl sites for hydroxylation is 1. The minimum absolute atomic E-state index is 0.0647. The number of nitrogens with zero attached hydrogens (tertiary/aromatic N) is 1. The van der Waals surface area contributed by atoms with Crippen LogP contribution in [0.1, 0.15) is 50.7 Å². The van der Waals surface area contributed by atoms with Crippen LogP contribution in [0.2, 0.25) is 0 Å². The van der Waals surface area contributed by atoms with Crippen molar-refractivity contribution in [2.45, 2.75) is 50.8 Å². The number of carbonyl (C=O) groups excluding carboxylic acids is 1. The fourth-order valence-corrected chi connectivity index (χ4v) is 4.45. The zero-order chi connectivity index (χ0) is 19.6. The molecule has 0 saturated carbocycles. The summed E-state index contributed by atoms with van der Waals surface area (Å²) >= 11 is 0. The number of rotatable bonds is 5. The first kappa shape index (κ1) is 19.4. The van der Waals surface area contributed by atoms with Gasteiger partial charge in [-0.3, -0.25) is 9.52 Å². The van der Waals surface area contributed by atoms with E-state index in [1.54, 1.807) is 35.2 Å². The second kappa shape index (κ2) is 7.72. The molecule has 1 N–H and O–H groups in total. The Hall–Kier alpha value is -2.34. The average Bonchev–Trinajstić information content (AvgIpc) is 2.66. The van der Waals surface area contributed by atoms with Crippen LogP contribution < -0.4 is 9.62 Å². The van der Waals surface area contributed by atoms with Gasteiger partial charge >= 0.3 is 0 Å². The first-order valence-corrected chi connectivity index (χ1v) is 10.9. The van der Waals surface area contributed by atoms with Crippen molar-refractivity contribution in [3.8, 4) is 0 Å². The molecule has 2 aromatic rings. The third-order valence-electron chi connectivity index (χ3n) is 4.91. The quantitative estimate of drug-likeness (QED) is 0.833. The molecule has 0 saturated heterocycles. The third-order valence-corrected chi connectivity index (χ3v) is 6.29. The standard InChI is InChI=1S/C21H26N2O3S/c1-4-21(24)23-13-5-6-17-14-19(11-12-20(17)23)27(25,26)22-18-9-7-16(8-10-18)15(2)3/h7-12,14-15,22H,4-6,13H2,1-3H3. The lowest BCUT2D eigenvalue weighted by Crippen LogP contribution is -2.35. The Morgan fingerprint density at radius 3 is 2.48 bits per heavy atom. The first-order valence-electron chi connectivity index (χ1n) is 9.38. The maximum atomic E-state index is 12.8. The Morgan fingerprint density at radius 2 is 1.85 bits per heavy atom. The molecule has 6 heteroatoms. The van der Waals surface area contributed by atoms with Crippen molar-refractivity contribution < 1.29 is 13.2 Å². The molecule has 1 heterocycles. The van der Waals surface area contributed by atoms with Crippen LogP contribution in [-0.4, -0.2) is 20.9 Å². The number of hydrogen-bond donors (Lipinski definition) is 1. The molecule has 5 nitrogen and oxygen atoms in total. The maximum Gasteiger partial charge on any atom is 0.261 e. The zero-order valence-corrected chi connectivity index (χ0v) is 16.8. The van der Waals surface area contributed by atoms with Crippen molar-refractivity contribution in [2.75, 3.05) is 16.2 Å². The van der Waals surface area contributed by atoms with Crippen LogP contribution in [0, 0.1) is 0 Å². The lowest BCUT2D eigenvalue weighted by molar-refractivity contribution is -0.118. The SMILES string of the molecule is CCC(=O)N1CCCc2cc(S(=O)(=O)Nc3ccc(C(C)C)cc3)ccc21. The number of anilines is 2. The van der Waals surface area contributed by atoms with Gasteiger partial charge in [-0.15, -0.1) is 0 Å². The van der Waals surface area contributed by atoms with Crippen LogP contribution in [0.25, 0.3) is 0 Å². The number of amides is 1. The molecule has 0 bridgehead atoms.